The Morgan fingerprint density at radius 1 is 0.416 bits per heavy atom. The van der Waals surface area contributed by atoms with Crippen LogP contribution in [-0.4, -0.2) is 17.2 Å². The molecule has 0 unspecified atom stereocenters. The Kier molecular flexibility index (Phi) is 22.5. The van der Waals surface area contributed by atoms with E-state index >= 15 is 13.2 Å². The quantitative estimate of drug-likeness (QED) is 0.0493. The monoisotopic (exact) mass is 1160 g/mol. The fraction of sp³-hybridized carbons (Fsp3) is 0.273. The number of benzene rings is 8. The zero-order chi connectivity index (χ0) is 55.5. The summed E-state index contributed by atoms with van der Waals surface area (Å²) in [6.45, 7) is 18.5. The lowest BCUT2D eigenvalue weighted by Gasteiger charge is -2.16. The van der Waals surface area contributed by atoms with Crippen molar-refractivity contribution in [3.8, 4) is 55.6 Å². The van der Waals surface area contributed by atoms with Gasteiger partial charge in [0.25, 0.3) is 0 Å². The Hall–Kier alpha value is -6.02. The molecule has 8 aromatic carbocycles. The van der Waals surface area contributed by atoms with Crippen LogP contribution in [0, 0.1) is 90.7 Å². The molecule has 0 heterocycles. The third-order valence-electron chi connectivity index (χ3n) is 14.3. The van der Waals surface area contributed by atoms with Crippen LogP contribution in [0.4, 0.5) is 30.7 Å². The van der Waals surface area contributed by atoms with Crippen molar-refractivity contribution in [2.45, 2.75) is 108 Å². The third kappa shape index (κ3) is 15.6. The standard InChI is InChI=1S/C33H33F3.C19H12F3I.C13H20BFO2.CH4/c1-6-20(2)9-13-27-22(4)17-26(18-23(27)5)28-15-16-30(33(36)32(28)35)29-14-12-25(19-31(29)34)24-10-7-21(3)8-11-24;1-11-2-4-12(5-3-11)13-6-7-14(16(20)10-13)15-8-9-17(23)19(22)18(15)21;1-4-9(2)5-6-12-10(3)7-11(14(16)17)8-13(12)15;/h7-8,10-12,14-20H,6,9,13H2,1-5H3;2-10H,1H3;7-9,16-17H,4-6H2,1-3H3;1H4/t20-;;9-;/m0.0./s1. The van der Waals surface area contributed by atoms with Gasteiger partial charge in [-0.25, -0.2) is 30.7 Å². The second-order valence-electron chi connectivity index (χ2n) is 20.0. The zero-order valence-corrected chi connectivity index (χ0v) is 46.8. The van der Waals surface area contributed by atoms with E-state index < -0.39 is 42.0 Å². The Labute approximate surface area is 465 Å². The summed E-state index contributed by atoms with van der Waals surface area (Å²) in [5.41, 5.74) is 11.2. The zero-order valence-electron chi connectivity index (χ0n) is 44.6. The fourth-order valence-corrected chi connectivity index (χ4v) is 9.45. The van der Waals surface area contributed by atoms with Gasteiger partial charge in [-0.15, -0.1) is 0 Å². The van der Waals surface area contributed by atoms with Gasteiger partial charge in [0.05, 0.1) is 3.57 Å². The summed E-state index contributed by atoms with van der Waals surface area (Å²) >= 11 is 1.70. The molecule has 77 heavy (non-hydrogen) atoms. The highest BCUT2D eigenvalue weighted by Gasteiger charge is 2.21. The van der Waals surface area contributed by atoms with E-state index in [9.17, 15) is 17.6 Å². The van der Waals surface area contributed by atoms with Gasteiger partial charge < -0.3 is 10.0 Å². The van der Waals surface area contributed by atoms with E-state index in [1.807, 2.05) is 88.4 Å². The van der Waals surface area contributed by atoms with Gasteiger partial charge in [-0.1, -0.05) is 168 Å². The average molecular weight is 1160 g/mol. The highest BCUT2D eigenvalue weighted by molar-refractivity contribution is 14.1. The van der Waals surface area contributed by atoms with Crippen molar-refractivity contribution in [1.29, 1.82) is 0 Å². The molecule has 2 atom stereocenters. The predicted molar refractivity (Wildman–Crippen MR) is 315 cm³/mol. The lowest BCUT2D eigenvalue weighted by atomic mass is 9.78. The molecule has 0 saturated carbocycles. The van der Waals surface area contributed by atoms with Crippen LogP contribution in [0.2, 0.25) is 0 Å². The van der Waals surface area contributed by atoms with Crippen molar-refractivity contribution < 1.29 is 40.8 Å². The maximum absolute atomic E-state index is 15.3. The number of hydrogen-bond donors (Lipinski definition) is 2. The molecule has 404 valence electrons. The Balaban J connectivity index is 0.000000229. The van der Waals surface area contributed by atoms with Crippen LogP contribution in [0.5, 0.6) is 0 Å². The van der Waals surface area contributed by atoms with E-state index in [0.29, 0.717) is 40.5 Å². The first-order chi connectivity index (χ1) is 36.1. The summed E-state index contributed by atoms with van der Waals surface area (Å²) < 4.78 is 102. The molecule has 0 radical (unpaired) electrons. The highest BCUT2D eigenvalue weighted by atomic mass is 127. The van der Waals surface area contributed by atoms with E-state index in [1.54, 1.807) is 53.8 Å². The van der Waals surface area contributed by atoms with E-state index in [-0.39, 0.29) is 50.1 Å². The highest BCUT2D eigenvalue weighted by Crippen LogP contribution is 2.37. The van der Waals surface area contributed by atoms with Gasteiger partial charge in [0.15, 0.2) is 23.3 Å². The smallest absolute Gasteiger partial charge is 0.423 e. The van der Waals surface area contributed by atoms with Crippen LogP contribution in [0.3, 0.4) is 0 Å². The van der Waals surface area contributed by atoms with Gasteiger partial charge in [-0.05, 0) is 180 Å². The molecule has 0 spiro atoms. The molecule has 0 fully saturated rings. The molecular weight excluding hydrogens is 1100 g/mol. The van der Waals surface area contributed by atoms with Crippen molar-refractivity contribution in [3.63, 3.8) is 0 Å². The first-order valence-electron chi connectivity index (χ1n) is 25.7. The van der Waals surface area contributed by atoms with Crippen LogP contribution in [0.25, 0.3) is 55.6 Å². The number of halogens is 8. The van der Waals surface area contributed by atoms with Crippen LogP contribution >= 0.6 is 22.6 Å². The molecule has 0 aliphatic rings. The molecule has 11 heteroatoms. The molecule has 8 aromatic rings. The molecule has 2 N–H and O–H groups in total. The van der Waals surface area contributed by atoms with Crippen LogP contribution in [0.1, 0.15) is 99.7 Å². The van der Waals surface area contributed by atoms with E-state index in [4.69, 9.17) is 10.0 Å². The first-order valence-corrected chi connectivity index (χ1v) is 26.8. The molecule has 0 aromatic heterocycles. The van der Waals surface area contributed by atoms with Gasteiger partial charge in [0, 0.05) is 27.8 Å². The van der Waals surface area contributed by atoms with Gasteiger partial charge in [0.1, 0.15) is 17.5 Å². The van der Waals surface area contributed by atoms with Crippen LogP contribution in [0.15, 0.2) is 133 Å². The van der Waals surface area contributed by atoms with Crippen molar-refractivity contribution in [1.82, 2.24) is 0 Å². The topological polar surface area (TPSA) is 40.5 Å². The van der Waals surface area contributed by atoms with Crippen LogP contribution < -0.4 is 5.46 Å². The van der Waals surface area contributed by atoms with Crippen molar-refractivity contribution in [3.05, 3.63) is 217 Å². The minimum absolute atomic E-state index is 0. The second-order valence-corrected chi connectivity index (χ2v) is 21.2. The molecule has 0 aliphatic heterocycles. The lowest BCUT2D eigenvalue weighted by Crippen LogP contribution is -2.30. The summed E-state index contributed by atoms with van der Waals surface area (Å²) in [5, 5.41) is 18.0. The molecule has 0 bridgehead atoms. The first kappa shape index (κ1) is 61.8. The van der Waals surface area contributed by atoms with Crippen LogP contribution in [-0.2, 0) is 12.8 Å². The average Bonchev–Trinajstić information content (AvgIpc) is 3.40. The maximum Gasteiger partial charge on any atom is 0.488 e. The Bertz CT molecular complexity index is 3240. The summed E-state index contributed by atoms with van der Waals surface area (Å²) in [5.74, 6) is -4.25. The van der Waals surface area contributed by atoms with E-state index in [0.717, 1.165) is 71.0 Å². The predicted octanol–water partition coefficient (Wildman–Crippen LogP) is 18.8. The summed E-state index contributed by atoms with van der Waals surface area (Å²) in [4.78, 5) is 0. The van der Waals surface area contributed by atoms with Crippen molar-refractivity contribution in [2.24, 2.45) is 11.8 Å². The SMILES string of the molecule is C.CC[C@H](C)CCc1c(C)cc(-c2ccc(-c3ccc(-c4ccc(C)cc4)cc3F)c(F)c2F)cc1C.CC[C@H](C)CCc1c(C)cc(B(O)O)cc1F.Cc1ccc(-c2ccc(-c3ccc(I)c(F)c3F)c(F)c2)cc1. The van der Waals surface area contributed by atoms with Gasteiger partial charge in [0.2, 0.25) is 0 Å². The van der Waals surface area contributed by atoms with Crippen molar-refractivity contribution in [2.75, 3.05) is 0 Å². The number of aryl methyl sites for hydroxylation is 5. The molecular formula is C66H69BF7IO2. The minimum atomic E-state index is -1.60. The second kappa shape index (κ2) is 28.0. The largest absolute Gasteiger partial charge is 0.488 e. The Morgan fingerprint density at radius 3 is 1.22 bits per heavy atom. The number of rotatable bonds is 14. The van der Waals surface area contributed by atoms with Gasteiger partial charge in [-0.2, -0.15) is 0 Å². The maximum atomic E-state index is 15.3. The summed E-state index contributed by atoms with van der Waals surface area (Å²) in [6.07, 6.45) is 5.96. The van der Waals surface area contributed by atoms with Crippen molar-refractivity contribution >= 4 is 35.2 Å². The molecule has 2 nitrogen and oxygen atoms in total. The molecule has 0 aliphatic carbocycles. The number of hydrogen-bond acceptors (Lipinski definition) is 2. The summed E-state index contributed by atoms with van der Waals surface area (Å²) in [6, 6.07) is 37.1. The fourth-order valence-electron chi connectivity index (χ4n) is 9.03. The van der Waals surface area contributed by atoms with Gasteiger partial charge >= 0.3 is 7.12 Å². The summed E-state index contributed by atoms with van der Waals surface area (Å²) in [7, 11) is -1.60. The molecule has 0 amide bonds. The molecule has 8 rings (SSSR count). The van der Waals surface area contributed by atoms with E-state index in [2.05, 4.69) is 27.7 Å². The lowest BCUT2D eigenvalue weighted by molar-refractivity contribution is 0.425. The van der Waals surface area contributed by atoms with Gasteiger partial charge in [-0.3, -0.25) is 0 Å². The van der Waals surface area contributed by atoms with E-state index in [1.165, 1.54) is 54.1 Å². The normalized spacial score (nSPS) is 11.7. The Morgan fingerprint density at radius 2 is 0.792 bits per heavy atom. The third-order valence-corrected chi connectivity index (χ3v) is 15.2. The molecule has 0 saturated heterocycles. The minimum Gasteiger partial charge on any atom is -0.423 e.